The second kappa shape index (κ2) is 7.19. The summed E-state index contributed by atoms with van der Waals surface area (Å²) in [5.41, 5.74) is 1.13. The Morgan fingerprint density at radius 2 is 1.88 bits per heavy atom. The average Bonchev–Trinajstić information content (AvgIpc) is 2.63. The number of pyridine rings is 1. The summed E-state index contributed by atoms with van der Waals surface area (Å²) in [6, 6.07) is 12.7. The number of anilines is 1. The number of carbonyl (C=O) groups excluding carboxylic acids is 1. The number of ether oxygens (including phenoxy) is 1. The highest BCUT2D eigenvalue weighted by Gasteiger charge is 2.09. The fourth-order valence-corrected chi connectivity index (χ4v) is 2.01. The Balaban J connectivity index is 1.65. The summed E-state index contributed by atoms with van der Waals surface area (Å²) in [6.07, 6.45) is 3.77. The fraction of sp³-hybridized carbons (Fsp3) is 0.0588. The molecule has 2 N–H and O–H groups in total. The number of nitrogens with one attached hydrogen (secondary N) is 2. The normalized spacial score (nSPS) is 10.2. The van der Waals surface area contributed by atoms with E-state index in [0.29, 0.717) is 5.82 Å². The van der Waals surface area contributed by atoms with Crippen molar-refractivity contribution in [2.24, 2.45) is 0 Å². The van der Waals surface area contributed by atoms with Crippen molar-refractivity contribution in [2.75, 3.05) is 5.32 Å². The van der Waals surface area contributed by atoms with Crippen LogP contribution in [0.15, 0.2) is 65.8 Å². The van der Waals surface area contributed by atoms with Gasteiger partial charge in [-0.05, 0) is 17.7 Å². The van der Waals surface area contributed by atoms with Gasteiger partial charge < -0.3 is 9.72 Å². The van der Waals surface area contributed by atoms with Gasteiger partial charge in [0.05, 0.1) is 6.20 Å². The molecule has 1 amide bonds. The van der Waals surface area contributed by atoms with Gasteiger partial charge in [-0.25, -0.2) is 9.78 Å². The summed E-state index contributed by atoms with van der Waals surface area (Å²) in [7, 11) is 0. The molecule has 0 bridgehead atoms. The predicted octanol–water partition coefficient (Wildman–Crippen LogP) is 2.58. The first-order valence-corrected chi connectivity index (χ1v) is 7.20. The Morgan fingerprint density at radius 1 is 1.12 bits per heavy atom. The molecule has 2 heterocycles. The molecule has 0 saturated heterocycles. The van der Waals surface area contributed by atoms with Gasteiger partial charge in [0.2, 0.25) is 0 Å². The van der Waals surface area contributed by atoms with Crippen LogP contribution in [0, 0.1) is 0 Å². The van der Waals surface area contributed by atoms with E-state index in [1.807, 2.05) is 30.3 Å². The molecule has 2 aromatic heterocycles. The minimum atomic E-state index is -0.720. The number of hydrogen-bond acceptors (Lipinski definition) is 5. The zero-order valence-electron chi connectivity index (χ0n) is 12.6. The van der Waals surface area contributed by atoms with Crippen molar-refractivity contribution in [3.05, 3.63) is 77.0 Å². The van der Waals surface area contributed by atoms with E-state index >= 15 is 0 Å². The molecule has 7 nitrogen and oxygen atoms in total. The molecule has 3 rings (SSSR count). The van der Waals surface area contributed by atoms with Gasteiger partial charge in [-0.1, -0.05) is 30.3 Å². The van der Waals surface area contributed by atoms with E-state index in [4.69, 9.17) is 4.74 Å². The Labute approximate surface area is 137 Å². The summed E-state index contributed by atoms with van der Waals surface area (Å²) in [5.74, 6) is 0.394. The molecule has 0 atom stereocenters. The Hall–Kier alpha value is -3.48. The zero-order valence-corrected chi connectivity index (χ0v) is 12.6. The first kappa shape index (κ1) is 15.4. The van der Waals surface area contributed by atoms with Gasteiger partial charge in [0.15, 0.2) is 0 Å². The summed E-state index contributed by atoms with van der Waals surface area (Å²) < 4.78 is 5.06. The average molecular weight is 322 g/mol. The fourth-order valence-electron chi connectivity index (χ4n) is 2.01. The summed E-state index contributed by atoms with van der Waals surface area (Å²) >= 11 is 0. The van der Waals surface area contributed by atoms with Gasteiger partial charge in [0.25, 0.3) is 5.56 Å². The maximum absolute atomic E-state index is 12.0. The maximum atomic E-state index is 12.0. The molecule has 0 fully saturated rings. The van der Waals surface area contributed by atoms with Crippen LogP contribution in [-0.2, 0) is 11.3 Å². The minimum Gasteiger partial charge on any atom is -0.444 e. The van der Waals surface area contributed by atoms with Crippen LogP contribution in [0.3, 0.4) is 0 Å². The summed E-state index contributed by atoms with van der Waals surface area (Å²) in [4.78, 5) is 34.4. The van der Waals surface area contributed by atoms with Crippen LogP contribution in [0.5, 0.6) is 0 Å². The monoisotopic (exact) mass is 322 g/mol. The number of rotatable bonds is 4. The Morgan fingerprint density at radius 3 is 2.58 bits per heavy atom. The molecule has 24 heavy (non-hydrogen) atoms. The molecule has 0 saturated carbocycles. The van der Waals surface area contributed by atoms with Crippen LogP contribution in [0.4, 0.5) is 10.5 Å². The smallest absolute Gasteiger partial charge is 0.412 e. The molecule has 0 aliphatic heterocycles. The third kappa shape index (κ3) is 3.83. The van der Waals surface area contributed by atoms with Crippen molar-refractivity contribution < 1.29 is 9.53 Å². The molecule has 7 heteroatoms. The van der Waals surface area contributed by atoms with Crippen molar-refractivity contribution in [1.29, 1.82) is 0 Å². The lowest BCUT2D eigenvalue weighted by Gasteiger charge is -2.07. The maximum Gasteiger partial charge on any atom is 0.412 e. The standard InChI is InChI=1S/C17H14N4O3/c22-16-14(10-19-15(21-16)13-6-8-18-9-7-13)20-17(23)24-11-12-4-2-1-3-5-12/h1-10H,11H2,(H,20,23)(H,19,21,22). The van der Waals surface area contributed by atoms with Crippen LogP contribution >= 0.6 is 0 Å². The largest absolute Gasteiger partial charge is 0.444 e. The highest BCUT2D eigenvalue weighted by atomic mass is 16.5. The number of aromatic nitrogens is 3. The van der Waals surface area contributed by atoms with Gasteiger partial charge in [-0.2, -0.15) is 0 Å². The first-order chi connectivity index (χ1) is 11.7. The van der Waals surface area contributed by atoms with Crippen molar-refractivity contribution in [3.63, 3.8) is 0 Å². The molecule has 0 aliphatic carbocycles. The van der Waals surface area contributed by atoms with Crippen LogP contribution in [0.25, 0.3) is 11.4 Å². The van der Waals surface area contributed by atoms with E-state index < -0.39 is 11.7 Å². The highest BCUT2D eigenvalue weighted by molar-refractivity contribution is 5.84. The number of H-pyrrole nitrogens is 1. The van der Waals surface area contributed by atoms with E-state index in [9.17, 15) is 9.59 Å². The number of nitrogens with zero attached hydrogens (tertiary/aromatic N) is 2. The van der Waals surface area contributed by atoms with Crippen LogP contribution in [0.2, 0.25) is 0 Å². The van der Waals surface area contributed by atoms with E-state index in [2.05, 4.69) is 20.3 Å². The quantitative estimate of drug-likeness (QED) is 0.769. The van der Waals surface area contributed by atoms with E-state index in [1.54, 1.807) is 24.5 Å². The van der Waals surface area contributed by atoms with Crippen molar-refractivity contribution in [2.45, 2.75) is 6.61 Å². The highest BCUT2D eigenvalue weighted by Crippen LogP contribution is 2.11. The molecule has 3 aromatic rings. The first-order valence-electron chi connectivity index (χ1n) is 7.20. The zero-order chi connectivity index (χ0) is 16.8. The molecule has 1 aromatic carbocycles. The van der Waals surface area contributed by atoms with Crippen LogP contribution < -0.4 is 10.9 Å². The van der Waals surface area contributed by atoms with Gasteiger partial charge in [-0.3, -0.25) is 15.1 Å². The summed E-state index contributed by atoms with van der Waals surface area (Å²) in [6.45, 7) is 0.118. The number of aromatic amines is 1. The molecule has 120 valence electrons. The minimum absolute atomic E-state index is 0.0193. The Kier molecular flexibility index (Phi) is 4.62. The number of benzene rings is 1. The lowest BCUT2D eigenvalue weighted by Crippen LogP contribution is -2.21. The van der Waals surface area contributed by atoms with Crippen LogP contribution in [0.1, 0.15) is 5.56 Å². The Bertz CT molecular complexity index is 879. The van der Waals surface area contributed by atoms with Gasteiger partial charge in [-0.15, -0.1) is 0 Å². The molecule has 0 unspecified atom stereocenters. The van der Waals surface area contributed by atoms with E-state index in [1.165, 1.54) is 6.20 Å². The number of amides is 1. The topological polar surface area (TPSA) is 97.0 Å². The lowest BCUT2D eigenvalue weighted by molar-refractivity contribution is 0.155. The van der Waals surface area contributed by atoms with Gasteiger partial charge >= 0.3 is 6.09 Å². The van der Waals surface area contributed by atoms with E-state index in [0.717, 1.165) is 11.1 Å². The van der Waals surface area contributed by atoms with Gasteiger partial charge in [0.1, 0.15) is 18.1 Å². The molecule has 0 radical (unpaired) electrons. The third-order valence-corrected chi connectivity index (χ3v) is 3.20. The van der Waals surface area contributed by atoms with Crippen LogP contribution in [-0.4, -0.2) is 21.0 Å². The second-order valence-electron chi connectivity index (χ2n) is 4.90. The summed E-state index contributed by atoms with van der Waals surface area (Å²) in [5, 5.41) is 2.38. The third-order valence-electron chi connectivity index (χ3n) is 3.20. The lowest BCUT2D eigenvalue weighted by atomic mass is 10.2. The predicted molar refractivity (Wildman–Crippen MR) is 88.3 cm³/mol. The van der Waals surface area contributed by atoms with Crippen molar-refractivity contribution >= 4 is 11.8 Å². The second-order valence-corrected chi connectivity index (χ2v) is 4.90. The van der Waals surface area contributed by atoms with Gasteiger partial charge in [0, 0.05) is 18.0 Å². The number of carbonyl (C=O) groups is 1. The molecule has 0 aliphatic rings. The molecular formula is C17H14N4O3. The SMILES string of the molecule is O=C(Nc1cnc(-c2ccncc2)[nH]c1=O)OCc1ccccc1. The molecular weight excluding hydrogens is 308 g/mol. The van der Waals surface area contributed by atoms with Crippen molar-refractivity contribution in [3.8, 4) is 11.4 Å². The van der Waals surface area contributed by atoms with E-state index in [-0.39, 0.29) is 12.3 Å². The van der Waals surface area contributed by atoms with Crippen molar-refractivity contribution in [1.82, 2.24) is 15.0 Å². The number of hydrogen-bond donors (Lipinski definition) is 2. The molecule has 0 spiro atoms.